The highest BCUT2D eigenvalue weighted by Gasteiger charge is 2.29. The quantitative estimate of drug-likeness (QED) is 0.456. The van der Waals surface area contributed by atoms with Gasteiger partial charge in [-0.25, -0.2) is 14.8 Å². The molecule has 2 aromatic carbocycles. The van der Waals surface area contributed by atoms with Gasteiger partial charge in [0, 0.05) is 24.6 Å². The topological polar surface area (TPSA) is 81.1 Å². The summed E-state index contributed by atoms with van der Waals surface area (Å²) in [5.74, 6) is 0.920. The lowest BCUT2D eigenvalue weighted by Gasteiger charge is -2.10. The van der Waals surface area contributed by atoms with Gasteiger partial charge >= 0.3 is 12.2 Å². The van der Waals surface area contributed by atoms with Crippen LogP contribution in [-0.4, -0.2) is 20.6 Å². The molecule has 0 aliphatic rings. The lowest BCUT2D eigenvalue weighted by molar-refractivity contribution is -0.137. The van der Waals surface area contributed by atoms with Crippen LogP contribution in [-0.2, 0) is 13.2 Å². The molecule has 0 saturated carbocycles. The molecule has 4 aromatic rings. The van der Waals surface area contributed by atoms with Gasteiger partial charge in [0.25, 0.3) is 0 Å². The normalized spacial score (nSPS) is 11.4. The smallest absolute Gasteiger partial charge is 0.416 e. The molecular weight excluding hydrogens is 411 g/mol. The number of benzene rings is 2. The van der Waals surface area contributed by atoms with Crippen molar-refractivity contribution in [2.75, 3.05) is 10.6 Å². The zero-order chi connectivity index (χ0) is 22.0. The minimum absolute atomic E-state index is 0.237. The molecule has 0 bridgehead atoms. The van der Waals surface area contributed by atoms with Crippen molar-refractivity contribution in [1.82, 2.24) is 14.5 Å². The number of aromatic nitrogens is 3. The van der Waals surface area contributed by atoms with Crippen LogP contribution in [0.15, 0.2) is 67.1 Å². The summed E-state index contributed by atoms with van der Waals surface area (Å²) < 4.78 is 45.5. The maximum absolute atomic E-state index is 12.6. The van der Waals surface area contributed by atoms with Gasteiger partial charge in [-0.15, -0.1) is 0 Å². The van der Waals surface area contributed by atoms with Gasteiger partial charge in [-0.05, 0) is 54.6 Å². The highest BCUT2D eigenvalue weighted by molar-refractivity contribution is 5.99. The molecule has 0 atom stereocenters. The Kier molecular flexibility index (Phi) is 5.20. The number of nitrogens with zero attached hydrogens (tertiary/aromatic N) is 3. The maximum Gasteiger partial charge on any atom is 0.416 e. The first-order valence-electron chi connectivity index (χ1n) is 9.09. The number of anilines is 2. The van der Waals surface area contributed by atoms with Gasteiger partial charge in [0.2, 0.25) is 5.88 Å². The van der Waals surface area contributed by atoms with Crippen LogP contribution in [0.3, 0.4) is 0 Å². The van der Waals surface area contributed by atoms with Crippen molar-refractivity contribution in [3.63, 3.8) is 0 Å². The van der Waals surface area contributed by atoms with E-state index in [9.17, 15) is 18.0 Å². The number of rotatable bonds is 4. The van der Waals surface area contributed by atoms with E-state index in [1.54, 1.807) is 24.3 Å². The highest BCUT2D eigenvalue weighted by Crippen LogP contribution is 2.30. The molecule has 0 radical (unpaired) electrons. The van der Waals surface area contributed by atoms with Crippen molar-refractivity contribution in [3.8, 4) is 11.6 Å². The highest BCUT2D eigenvalue weighted by atomic mass is 19.4. The molecule has 0 aliphatic heterocycles. The fourth-order valence-corrected chi connectivity index (χ4v) is 2.89. The van der Waals surface area contributed by atoms with Gasteiger partial charge < -0.3 is 19.9 Å². The molecule has 0 fully saturated rings. The Morgan fingerprint density at radius 2 is 1.55 bits per heavy atom. The number of aryl methyl sites for hydroxylation is 1. The largest absolute Gasteiger partial charge is 0.438 e. The number of alkyl halides is 3. The lowest BCUT2D eigenvalue weighted by atomic mass is 10.2. The van der Waals surface area contributed by atoms with Crippen molar-refractivity contribution in [1.29, 1.82) is 0 Å². The van der Waals surface area contributed by atoms with Crippen LogP contribution >= 0.6 is 0 Å². The third-order valence-corrected chi connectivity index (χ3v) is 4.42. The van der Waals surface area contributed by atoms with Gasteiger partial charge in [0.1, 0.15) is 17.7 Å². The molecule has 0 aliphatic carbocycles. The van der Waals surface area contributed by atoms with Crippen molar-refractivity contribution in [2.24, 2.45) is 7.05 Å². The number of hydrogen-bond acceptors (Lipinski definition) is 4. The van der Waals surface area contributed by atoms with Gasteiger partial charge in [0.05, 0.1) is 10.9 Å². The molecule has 31 heavy (non-hydrogen) atoms. The maximum atomic E-state index is 12.6. The van der Waals surface area contributed by atoms with E-state index in [0.717, 1.165) is 23.2 Å². The Balaban J connectivity index is 1.38. The summed E-state index contributed by atoms with van der Waals surface area (Å²) in [5, 5.41) is 5.85. The van der Waals surface area contributed by atoms with Crippen molar-refractivity contribution < 1.29 is 22.7 Å². The van der Waals surface area contributed by atoms with Crippen LogP contribution in [0.5, 0.6) is 11.6 Å². The van der Waals surface area contributed by atoms with Crippen molar-refractivity contribution >= 4 is 28.4 Å². The third kappa shape index (κ3) is 4.58. The summed E-state index contributed by atoms with van der Waals surface area (Å²) in [7, 11) is 1.87. The number of ether oxygens (including phenoxy) is 1. The molecule has 0 saturated heterocycles. The van der Waals surface area contributed by atoms with Crippen LogP contribution in [0, 0.1) is 0 Å². The number of nitrogens with one attached hydrogen (secondary N) is 2. The molecular formula is C21H16F3N5O2. The number of urea groups is 1. The van der Waals surface area contributed by atoms with Gasteiger partial charge in [-0.1, -0.05) is 0 Å². The Bertz CT molecular complexity index is 1220. The van der Waals surface area contributed by atoms with E-state index in [-0.39, 0.29) is 5.69 Å². The van der Waals surface area contributed by atoms with Crippen LogP contribution in [0.2, 0.25) is 0 Å². The first-order valence-corrected chi connectivity index (χ1v) is 9.09. The van der Waals surface area contributed by atoms with E-state index in [4.69, 9.17) is 4.74 Å². The predicted molar refractivity (Wildman–Crippen MR) is 109 cm³/mol. The third-order valence-electron chi connectivity index (χ3n) is 4.42. The minimum Gasteiger partial charge on any atom is -0.438 e. The molecule has 2 N–H and O–H groups in total. The minimum atomic E-state index is -4.43. The van der Waals surface area contributed by atoms with Crippen LogP contribution in [0.1, 0.15) is 5.56 Å². The average Bonchev–Trinajstić information content (AvgIpc) is 3.11. The summed E-state index contributed by atoms with van der Waals surface area (Å²) in [5.41, 5.74) is 0.666. The van der Waals surface area contributed by atoms with E-state index >= 15 is 0 Å². The second-order valence-electron chi connectivity index (χ2n) is 6.62. The molecule has 2 heterocycles. The van der Waals surface area contributed by atoms with Gasteiger partial charge in [-0.2, -0.15) is 13.2 Å². The summed E-state index contributed by atoms with van der Waals surface area (Å²) >= 11 is 0. The Morgan fingerprint density at radius 1 is 0.935 bits per heavy atom. The number of fused-ring (bicyclic) bond motifs is 1. The monoisotopic (exact) mass is 427 g/mol. The second kappa shape index (κ2) is 7.98. The second-order valence-corrected chi connectivity index (χ2v) is 6.62. The molecule has 10 heteroatoms. The standard InChI is InChI=1S/C21H16F3N5O2/c1-29-11-10-17-18(29)25-12-26-19(17)31-16-8-6-15(7-9-16)28-20(30)27-14-4-2-13(3-5-14)21(22,23)24/h2-12H,1H3,(H2,27,28,30). The molecule has 7 nitrogen and oxygen atoms in total. The average molecular weight is 427 g/mol. The molecule has 4 rings (SSSR count). The summed E-state index contributed by atoms with van der Waals surface area (Å²) in [6, 6.07) is 12.0. The van der Waals surface area contributed by atoms with Crippen LogP contribution in [0.4, 0.5) is 29.3 Å². The van der Waals surface area contributed by atoms with Crippen molar-refractivity contribution in [3.05, 3.63) is 72.7 Å². The molecule has 2 amide bonds. The number of carbonyl (C=O) groups excluding carboxylic acids is 1. The van der Waals surface area contributed by atoms with E-state index in [1.807, 2.05) is 23.9 Å². The number of hydrogen-bond donors (Lipinski definition) is 2. The summed E-state index contributed by atoms with van der Waals surface area (Å²) in [6.07, 6.45) is -1.16. The van der Waals surface area contributed by atoms with E-state index in [0.29, 0.717) is 17.3 Å². The summed E-state index contributed by atoms with van der Waals surface area (Å²) in [6.45, 7) is 0. The Hall–Kier alpha value is -4.08. The number of carbonyl (C=O) groups is 1. The molecule has 0 unspecified atom stereocenters. The SMILES string of the molecule is Cn1ccc2c(Oc3ccc(NC(=O)Nc4ccc(C(F)(F)F)cc4)cc3)ncnc21. The van der Waals surface area contributed by atoms with Crippen LogP contribution in [0.25, 0.3) is 11.0 Å². The van der Waals surface area contributed by atoms with E-state index < -0.39 is 17.8 Å². The predicted octanol–water partition coefficient (Wildman–Crippen LogP) is 5.42. The Morgan fingerprint density at radius 3 is 2.16 bits per heavy atom. The zero-order valence-corrected chi connectivity index (χ0v) is 16.1. The van der Waals surface area contributed by atoms with Crippen molar-refractivity contribution in [2.45, 2.75) is 6.18 Å². The number of amides is 2. The van der Waals surface area contributed by atoms with Gasteiger partial charge in [0.15, 0.2) is 0 Å². The first kappa shape index (κ1) is 20.2. The van der Waals surface area contributed by atoms with Crippen LogP contribution < -0.4 is 15.4 Å². The fraction of sp³-hybridized carbons (Fsp3) is 0.0952. The number of halogens is 3. The summed E-state index contributed by atoms with van der Waals surface area (Å²) in [4.78, 5) is 20.5. The Labute approximate surface area is 174 Å². The van der Waals surface area contributed by atoms with E-state index in [2.05, 4.69) is 20.6 Å². The molecule has 158 valence electrons. The first-order chi connectivity index (χ1) is 14.8. The van der Waals surface area contributed by atoms with Gasteiger partial charge in [-0.3, -0.25) is 0 Å². The fourth-order valence-electron chi connectivity index (χ4n) is 2.89. The molecule has 2 aromatic heterocycles. The molecule has 0 spiro atoms. The zero-order valence-electron chi connectivity index (χ0n) is 16.1. The van der Waals surface area contributed by atoms with E-state index in [1.165, 1.54) is 18.5 Å². The lowest BCUT2D eigenvalue weighted by Crippen LogP contribution is -2.19.